The van der Waals surface area contributed by atoms with Crippen LogP contribution in [-0.4, -0.2) is 4.98 Å². The number of benzene rings is 1. The molecular formula is C14H21N. The van der Waals surface area contributed by atoms with E-state index in [9.17, 15) is 0 Å². The van der Waals surface area contributed by atoms with Crippen LogP contribution in [0.25, 0.3) is 10.9 Å². The van der Waals surface area contributed by atoms with Crippen LogP contribution in [0.4, 0.5) is 0 Å². The van der Waals surface area contributed by atoms with Crippen molar-refractivity contribution in [2.24, 2.45) is 0 Å². The van der Waals surface area contributed by atoms with Crippen LogP contribution in [0.5, 0.6) is 0 Å². The van der Waals surface area contributed by atoms with Gasteiger partial charge in [0.2, 0.25) is 0 Å². The molecule has 0 amide bonds. The third-order valence-corrected chi connectivity index (χ3v) is 1.86. The highest BCUT2D eigenvalue weighted by molar-refractivity contribution is 5.81. The zero-order valence-electron chi connectivity index (χ0n) is 10.4. The van der Waals surface area contributed by atoms with Crippen molar-refractivity contribution in [3.63, 3.8) is 0 Å². The normalized spacial score (nSPS) is 8.33. The molecule has 0 atom stereocenters. The molecule has 1 heteroatoms. The van der Waals surface area contributed by atoms with Gasteiger partial charge in [0.25, 0.3) is 0 Å². The van der Waals surface area contributed by atoms with Gasteiger partial charge in [-0.15, -0.1) is 0 Å². The molecule has 1 nitrogen and oxygen atoms in total. The SMILES string of the molecule is CC.CC.Cc1cccc2ncccc12. The largest absolute Gasteiger partial charge is 0.256 e. The van der Waals surface area contributed by atoms with Gasteiger partial charge in [-0.1, -0.05) is 45.9 Å². The first-order valence-corrected chi connectivity index (χ1v) is 5.68. The summed E-state index contributed by atoms with van der Waals surface area (Å²) < 4.78 is 0. The van der Waals surface area contributed by atoms with Crippen LogP contribution in [0.3, 0.4) is 0 Å². The molecule has 0 radical (unpaired) electrons. The van der Waals surface area contributed by atoms with Gasteiger partial charge in [-0.3, -0.25) is 4.98 Å². The maximum absolute atomic E-state index is 4.24. The fourth-order valence-electron chi connectivity index (χ4n) is 1.26. The molecule has 1 aromatic carbocycles. The molecule has 0 aliphatic carbocycles. The summed E-state index contributed by atoms with van der Waals surface area (Å²) in [5, 5.41) is 1.25. The first kappa shape index (κ1) is 13.6. The van der Waals surface area contributed by atoms with Gasteiger partial charge in [-0.05, 0) is 24.6 Å². The Hall–Kier alpha value is -1.37. The number of fused-ring (bicyclic) bond motifs is 1. The number of hydrogen-bond donors (Lipinski definition) is 0. The van der Waals surface area contributed by atoms with Crippen molar-refractivity contribution in [3.05, 3.63) is 42.1 Å². The third kappa shape index (κ3) is 3.70. The predicted molar refractivity (Wildman–Crippen MR) is 69.2 cm³/mol. The second kappa shape index (κ2) is 7.98. The number of hydrogen-bond acceptors (Lipinski definition) is 1. The molecule has 0 aliphatic rings. The Morgan fingerprint density at radius 3 is 2.13 bits per heavy atom. The van der Waals surface area contributed by atoms with Crippen LogP contribution in [0.2, 0.25) is 0 Å². The molecule has 0 fully saturated rings. The summed E-state index contributed by atoms with van der Waals surface area (Å²) in [7, 11) is 0. The Balaban J connectivity index is 0.000000442. The van der Waals surface area contributed by atoms with E-state index >= 15 is 0 Å². The first-order chi connectivity index (χ1) is 7.38. The van der Waals surface area contributed by atoms with Crippen LogP contribution in [0.15, 0.2) is 36.5 Å². The monoisotopic (exact) mass is 203 g/mol. The number of aryl methyl sites for hydroxylation is 1. The molecule has 0 saturated heterocycles. The summed E-state index contributed by atoms with van der Waals surface area (Å²) in [5.41, 5.74) is 2.36. The van der Waals surface area contributed by atoms with Crippen LogP contribution < -0.4 is 0 Å². The maximum atomic E-state index is 4.24. The van der Waals surface area contributed by atoms with E-state index in [1.807, 2.05) is 52.1 Å². The van der Waals surface area contributed by atoms with Gasteiger partial charge in [-0.25, -0.2) is 0 Å². The lowest BCUT2D eigenvalue weighted by Gasteiger charge is -1.97. The van der Waals surface area contributed by atoms with Gasteiger partial charge >= 0.3 is 0 Å². The predicted octanol–water partition coefficient (Wildman–Crippen LogP) is 4.60. The van der Waals surface area contributed by atoms with Crippen molar-refractivity contribution in [2.45, 2.75) is 34.6 Å². The smallest absolute Gasteiger partial charge is 0.0704 e. The highest BCUT2D eigenvalue weighted by Crippen LogP contribution is 2.14. The van der Waals surface area contributed by atoms with Gasteiger partial charge in [0, 0.05) is 11.6 Å². The minimum absolute atomic E-state index is 1.08. The number of aromatic nitrogens is 1. The quantitative estimate of drug-likeness (QED) is 0.610. The molecule has 1 heterocycles. The Morgan fingerprint density at radius 2 is 1.53 bits per heavy atom. The highest BCUT2D eigenvalue weighted by atomic mass is 14.6. The fraction of sp³-hybridized carbons (Fsp3) is 0.357. The van der Waals surface area contributed by atoms with Crippen LogP contribution in [0, 0.1) is 6.92 Å². The highest BCUT2D eigenvalue weighted by Gasteiger charge is 1.93. The Bertz CT molecular complexity index is 375. The third-order valence-electron chi connectivity index (χ3n) is 1.86. The lowest BCUT2D eigenvalue weighted by Crippen LogP contribution is -1.79. The van der Waals surface area contributed by atoms with Crippen LogP contribution >= 0.6 is 0 Å². The molecule has 0 spiro atoms. The second-order valence-electron chi connectivity index (χ2n) is 2.64. The molecular weight excluding hydrogens is 182 g/mol. The van der Waals surface area contributed by atoms with E-state index in [0.29, 0.717) is 0 Å². The summed E-state index contributed by atoms with van der Waals surface area (Å²) >= 11 is 0. The minimum atomic E-state index is 1.08. The average Bonchev–Trinajstić information content (AvgIpc) is 2.35. The zero-order chi connectivity index (χ0) is 11.7. The molecule has 82 valence electrons. The molecule has 1 aromatic heterocycles. The van der Waals surface area contributed by atoms with Crippen LogP contribution in [0.1, 0.15) is 33.3 Å². The van der Waals surface area contributed by atoms with Gasteiger partial charge in [0.1, 0.15) is 0 Å². The maximum Gasteiger partial charge on any atom is 0.0704 e. The number of pyridine rings is 1. The standard InChI is InChI=1S/C10H9N.2C2H6/c1-8-4-2-6-10-9(8)5-3-7-11-10;2*1-2/h2-7H,1H3;2*1-2H3. The topological polar surface area (TPSA) is 12.9 Å². The van der Waals surface area contributed by atoms with E-state index in [1.54, 1.807) is 0 Å². The molecule has 15 heavy (non-hydrogen) atoms. The first-order valence-electron chi connectivity index (χ1n) is 5.68. The van der Waals surface area contributed by atoms with E-state index in [1.165, 1.54) is 10.9 Å². The van der Waals surface area contributed by atoms with Gasteiger partial charge < -0.3 is 0 Å². The van der Waals surface area contributed by atoms with E-state index < -0.39 is 0 Å². The van der Waals surface area contributed by atoms with E-state index in [4.69, 9.17) is 0 Å². The lowest BCUT2D eigenvalue weighted by molar-refractivity contribution is 1.39. The Labute approximate surface area is 93.2 Å². The molecule has 0 N–H and O–H groups in total. The van der Waals surface area contributed by atoms with Crippen molar-refractivity contribution in [2.75, 3.05) is 0 Å². The lowest BCUT2D eigenvalue weighted by atomic mass is 10.1. The van der Waals surface area contributed by atoms with Crippen molar-refractivity contribution in [3.8, 4) is 0 Å². The average molecular weight is 203 g/mol. The van der Waals surface area contributed by atoms with Crippen molar-refractivity contribution in [1.29, 1.82) is 0 Å². The van der Waals surface area contributed by atoms with Crippen LogP contribution in [-0.2, 0) is 0 Å². The summed E-state index contributed by atoms with van der Waals surface area (Å²) in [6.07, 6.45) is 1.82. The van der Waals surface area contributed by atoms with E-state index in [-0.39, 0.29) is 0 Å². The Morgan fingerprint density at radius 1 is 0.867 bits per heavy atom. The number of nitrogens with zero attached hydrogens (tertiary/aromatic N) is 1. The molecule has 2 rings (SSSR count). The van der Waals surface area contributed by atoms with E-state index in [2.05, 4.69) is 24.0 Å². The fourth-order valence-corrected chi connectivity index (χ4v) is 1.26. The summed E-state index contributed by atoms with van der Waals surface area (Å²) in [4.78, 5) is 4.24. The van der Waals surface area contributed by atoms with E-state index in [0.717, 1.165) is 5.52 Å². The Kier molecular flexibility index (Phi) is 7.25. The second-order valence-corrected chi connectivity index (χ2v) is 2.64. The summed E-state index contributed by atoms with van der Waals surface area (Å²) in [6, 6.07) is 10.2. The van der Waals surface area contributed by atoms with Gasteiger partial charge in [0.15, 0.2) is 0 Å². The summed E-state index contributed by atoms with van der Waals surface area (Å²) in [6.45, 7) is 10.1. The molecule has 0 saturated carbocycles. The molecule has 2 aromatic rings. The van der Waals surface area contributed by atoms with Crippen molar-refractivity contribution < 1.29 is 0 Å². The van der Waals surface area contributed by atoms with Gasteiger partial charge in [-0.2, -0.15) is 0 Å². The zero-order valence-corrected chi connectivity index (χ0v) is 10.4. The molecule has 0 aliphatic heterocycles. The molecule has 0 bridgehead atoms. The van der Waals surface area contributed by atoms with Crippen molar-refractivity contribution in [1.82, 2.24) is 4.98 Å². The summed E-state index contributed by atoms with van der Waals surface area (Å²) in [5.74, 6) is 0. The molecule has 0 unspecified atom stereocenters. The van der Waals surface area contributed by atoms with Crippen molar-refractivity contribution >= 4 is 10.9 Å². The van der Waals surface area contributed by atoms with Gasteiger partial charge in [0.05, 0.1) is 5.52 Å². The minimum Gasteiger partial charge on any atom is -0.256 e. The number of rotatable bonds is 0.